The van der Waals surface area contributed by atoms with Gasteiger partial charge in [0.1, 0.15) is 35.9 Å². The van der Waals surface area contributed by atoms with Crippen LogP contribution in [0.1, 0.15) is 17.3 Å². The summed E-state index contributed by atoms with van der Waals surface area (Å²) in [6.45, 7) is 0.782. The number of ketones is 1. The molecule has 0 radical (unpaired) electrons. The van der Waals surface area contributed by atoms with Crippen molar-refractivity contribution in [2.75, 3.05) is 13.7 Å². The van der Waals surface area contributed by atoms with E-state index in [9.17, 15) is 20.1 Å². The second-order valence-corrected chi connectivity index (χ2v) is 5.23. The Bertz CT molecular complexity index is 558. The number of carbonyl (C=O) groups is 1. The second kappa shape index (κ2) is 7.24. The molecule has 4 N–H and O–H groups in total. The van der Waals surface area contributed by atoms with Gasteiger partial charge in [-0.05, 0) is 19.1 Å². The van der Waals surface area contributed by atoms with Gasteiger partial charge in [0.05, 0.1) is 19.3 Å². The predicted octanol–water partition coefficient (Wildman–Crippen LogP) is -0.924. The number of rotatable bonds is 5. The molecule has 0 aromatic heterocycles. The summed E-state index contributed by atoms with van der Waals surface area (Å²) in [5.41, 5.74) is 0.239. The molecule has 1 aliphatic heterocycles. The Balaban J connectivity index is 2.28. The van der Waals surface area contributed by atoms with Gasteiger partial charge in [-0.2, -0.15) is 0 Å². The van der Waals surface area contributed by atoms with E-state index < -0.39 is 37.3 Å². The smallest absolute Gasteiger partial charge is 0.229 e. The SMILES string of the molecule is COc1ccc(C(C)=O)c(O[C@@H]2O[C@@H](CO)[C@@H](O)[C@H](O)[C@@H]2O)c1. The van der Waals surface area contributed by atoms with Gasteiger partial charge >= 0.3 is 0 Å². The molecule has 1 aromatic carbocycles. The number of Topliss-reactive ketones (excluding diaryl/α,β-unsaturated/α-hetero) is 1. The maximum absolute atomic E-state index is 11.7. The van der Waals surface area contributed by atoms with E-state index in [0.717, 1.165) is 0 Å². The number of hydrogen-bond donors (Lipinski definition) is 4. The summed E-state index contributed by atoms with van der Waals surface area (Å²) in [6, 6.07) is 4.52. The highest BCUT2D eigenvalue weighted by Gasteiger charge is 2.44. The number of benzene rings is 1. The molecule has 1 heterocycles. The molecule has 2 rings (SSSR count). The Morgan fingerprint density at radius 1 is 1.22 bits per heavy atom. The van der Waals surface area contributed by atoms with Crippen molar-refractivity contribution in [2.45, 2.75) is 37.6 Å². The largest absolute Gasteiger partial charge is 0.497 e. The molecular formula is C15H20O8. The Morgan fingerprint density at radius 2 is 1.91 bits per heavy atom. The Labute approximate surface area is 132 Å². The average Bonchev–Trinajstić information content (AvgIpc) is 2.54. The van der Waals surface area contributed by atoms with Gasteiger partial charge in [0, 0.05) is 6.07 Å². The molecule has 128 valence electrons. The van der Waals surface area contributed by atoms with Gasteiger partial charge in [-0.3, -0.25) is 4.79 Å². The highest BCUT2D eigenvalue weighted by molar-refractivity contribution is 5.97. The van der Waals surface area contributed by atoms with E-state index in [2.05, 4.69) is 0 Å². The molecule has 0 bridgehead atoms. The van der Waals surface area contributed by atoms with Gasteiger partial charge in [-0.1, -0.05) is 0 Å². The molecule has 5 atom stereocenters. The first-order valence-electron chi connectivity index (χ1n) is 7.05. The predicted molar refractivity (Wildman–Crippen MR) is 77.4 cm³/mol. The third kappa shape index (κ3) is 3.62. The first-order chi connectivity index (χ1) is 10.9. The molecule has 0 saturated carbocycles. The van der Waals surface area contributed by atoms with Crippen LogP contribution in [0.2, 0.25) is 0 Å². The molecule has 23 heavy (non-hydrogen) atoms. The number of carbonyl (C=O) groups excluding carboxylic acids is 1. The first kappa shape index (κ1) is 17.6. The van der Waals surface area contributed by atoms with Gasteiger partial charge in [0.2, 0.25) is 6.29 Å². The van der Waals surface area contributed by atoms with Crippen molar-refractivity contribution in [2.24, 2.45) is 0 Å². The summed E-state index contributed by atoms with van der Waals surface area (Å²) < 4.78 is 15.8. The minimum Gasteiger partial charge on any atom is -0.497 e. The van der Waals surface area contributed by atoms with E-state index in [4.69, 9.17) is 19.3 Å². The zero-order chi connectivity index (χ0) is 17.1. The topological polar surface area (TPSA) is 126 Å². The maximum Gasteiger partial charge on any atom is 0.229 e. The lowest BCUT2D eigenvalue weighted by Gasteiger charge is -2.39. The Hall–Kier alpha value is -1.71. The minimum absolute atomic E-state index is 0.0983. The van der Waals surface area contributed by atoms with Crippen molar-refractivity contribution in [3.8, 4) is 11.5 Å². The van der Waals surface area contributed by atoms with Crippen molar-refractivity contribution in [3.05, 3.63) is 23.8 Å². The highest BCUT2D eigenvalue weighted by atomic mass is 16.7. The summed E-state index contributed by atoms with van der Waals surface area (Å²) >= 11 is 0. The van der Waals surface area contributed by atoms with Crippen molar-refractivity contribution in [1.29, 1.82) is 0 Å². The Morgan fingerprint density at radius 3 is 2.48 bits per heavy atom. The summed E-state index contributed by atoms with van der Waals surface area (Å²) in [7, 11) is 1.44. The van der Waals surface area contributed by atoms with Crippen LogP contribution >= 0.6 is 0 Å². The van der Waals surface area contributed by atoms with Crippen molar-refractivity contribution >= 4 is 5.78 Å². The van der Waals surface area contributed by atoms with Gasteiger partial charge in [-0.15, -0.1) is 0 Å². The van der Waals surface area contributed by atoms with Crippen LogP contribution < -0.4 is 9.47 Å². The molecule has 0 spiro atoms. The molecule has 8 nitrogen and oxygen atoms in total. The summed E-state index contributed by atoms with van der Waals surface area (Å²) in [5, 5.41) is 38.7. The fourth-order valence-electron chi connectivity index (χ4n) is 2.31. The van der Waals surface area contributed by atoms with Gasteiger partial charge < -0.3 is 34.6 Å². The minimum atomic E-state index is -1.56. The van der Waals surface area contributed by atoms with Crippen molar-refractivity contribution in [1.82, 2.24) is 0 Å². The van der Waals surface area contributed by atoms with E-state index in [1.54, 1.807) is 6.07 Å². The lowest BCUT2D eigenvalue weighted by Crippen LogP contribution is -2.60. The van der Waals surface area contributed by atoms with E-state index in [1.165, 1.54) is 26.2 Å². The number of aliphatic hydroxyl groups is 4. The van der Waals surface area contributed by atoms with Crippen LogP contribution in [0.15, 0.2) is 18.2 Å². The monoisotopic (exact) mass is 328 g/mol. The fourth-order valence-corrected chi connectivity index (χ4v) is 2.31. The molecule has 0 amide bonds. The Kier molecular flexibility index (Phi) is 5.55. The van der Waals surface area contributed by atoms with Crippen LogP contribution in [0.25, 0.3) is 0 Å². The zero-order valence-electron chi connectivity index (χ0n) is 12.7. The lowest BCUT2D eigenvalue weighted by atomic mass is 9.99. The fraction of sp³-hybridized carbons (Fsp3) is 0.533. The lowest BCUT2D eigenvalue weighted by molar-refractivity contribution is -0.277. The molecule has 1 aliphatic rings. The van der Waals surface area contributed by atoms with Crippen molar-refractivity contribution in [3.63, 3.8) is 0 Å². The number of aliphatic hydroxyl groups excluding tert-OH is 4. The van der Waals surface area contributed by atoms with Crippen molar-refractivity contribution < 1.29 is 39.4 Å². The van der Waals surface area contributed by atoms with Crippen LogP contribution in [0.5, 0.6) is 11.5 Å². The second-order valence-electron chi connectivity index (χ2n) is 5.23. The maximum atomic E-state index is 11.7. The van der Waals surface area contributed by atoms with Gasteiger partial charge in [-0.25, -0.2) is 0 Å². The normalized spacial score (nSPS) is 30.8. The number of methoxy groups -OCH3 is 1. The van der Waals surface area contributed by atoms with E-state index in [-0.39, 0.29) is 17.1 Å². The average molecular weight is 328 g/mol. The molecule has 8 heteroatoms. The number of ether oxygens (including phenoxy) is 3. The summed E-state index contributed by atoms with van der Waals surface area (Å²) in [5.74, 6) is 0.253. The van der Waals surface area contributed by atoms with Crippen LogP contribution in [0.3, 0.4) is 0 Å². The summed E-state index contributed by atoms with van der Waals surface area (Å²) in [4.78, 5) is 11.7. The van der Waals surface area contributed by atoms with Gasteiger partial charge in [0.15, 0.2) is 5.78 Å². The quantitative estimate of drug-likeness (QED) is 0.511. The molecule has 0 aliphatic carbocycles. The van der Waals surface area contributed by atoms with Crippen LogP contribution in [0, 0.1) is 0 Å². The summed E-state index contributed by atoms with van der Waals surface area (Å²) in [6.07, 6.45) is -7.05. The van der Waals surface area contributed by atoms with Crippen LogP contribution in [-0.2, 0) is 4.74 Å². The van der Waals surface area contributed by atoms with E-state index in [1.807, 2.05) is 0 Å². The third-order valence-electron chi connectivity index (χ3n) is 3.66. The zero-order valence-corrected chi connectivity index (χ0v) is 12.7. The van der Waals surface area contributed by atoms with E-state index in [0.29, 0.717) is 5.75 Å². The van der Waals surface area contributed by atoms with Crippen LogP contribution in [-0.4, -0.2) is 70.6 Å². The molecule has 0 unspecified atom stereocenters. The number of hydrogen-bond acceptors (Lipinski definition) is 8. The highest BCUT2D eigenvalue weighted by Crippen LogP contribution is 2.29. The van der Waals surface area contributed by atoms with Crippen LogP contribution in [0.4, 0.5) is 0 Å². The molecule has 1 aromatic rings. The first-order valence-corrected chi connectivity index (χ1v) is 7.05. The third-order valence-corrected chi connectivity index (χ3v) is 3.66. The standard InChI is InChI=1S/C15H20O8/c1-7(17)9-4-3-8(21-2)5-10(9)22-15-14(20)13(19)12(18)11(6-16)23-15/h3-5,11-16,18-20H,6H2,1-2H3/t11-,12+,13-,14-,15+/m0/s1. The van der Waals surface area contributed by atoms with Gasteiger partial charge in [0.25, 0.3) is 0 Å². The van der Waals surface area contributed by atoms with E-state index >= 15 is 0 Å². The molecular weight excluding hydrogens is 308 g/mol. The molecule has 1 fully saturated rings. The molecule has 1 saturated heterocycles.